The lowest BCUT2D eigenvalue weighted by Crippen LogP contribution is -2.24. The van der Waals surface area contributed by atoms with Crippen molar-refractivity contribution in [3.63, 3.8) is 0 Å². The van der Waals surface area contributed by atoms with Crippen molar-refractivity contribution in [2.45, 2.75) is 51.2 Å². The van der Waals surface area contributed by atoms with E-state index >= 15 is 0 Å². The van der Waals surface area contributed by atoms with Crippen LogP contribution in [0, 0.1) is 0 Å². The van der Waals surface area contributed by atoms with Gasteiger partial charge < -0.3 is 10.1 Å². The zero-order valence-electron chi connectivity index (χ0n) is 10.8. The quantitative estimate of drug-likeness (QED) is 0.845. The second-order valence-corrected chi connectivity index (χ2v) is 5.98. The molecule has 0 aromatic heterocycles. The standard InChI is InChI=1S/C15H21NO/c1-15(2)10-12-8-11(5-6-14(12)17-15)9-13-4-3-7-16-13/h5-6,8,13,16H,3-4,7,9-10H2,1-2H3. The number of hydrogen-bond acceptors (Lipinski definition) is 2. The summed E-state index contributed by atoms with van der Waals surface area (Å²) >= 11 is 0. The molecule has 3 rings (SSSR count). The summed E-state index contributed by atoms with van der Waals surface area (Å²) in [5, 5.41) is 3.56. The molecule has 1 aromatic rings. The molecule has 2 heterocycles. The Morgan fingerprint density at radius 2 is 2.29 bits per heavy atom. The smallest absolute Gasteiger partial charge is 0.123 e. The zero-order valence-corrected chi connectivity index (χ0v) is 10.8. The van der Waals surface area contributed by atoms with E-state index in [0.717, 1.165) is 18.6 Å². The van der Waals surface area contributed by atoms with Crippen LogP contribution in [0.5, 0.6) is 5.75 Å². The van der Waals surface area contributed by atoms with Crippen LogP contribution in [-0.2, 0) is 12.8 Å². The minimum absolute atomic E-state index is 0.0213. The van der Waals surface area contributed by atoms with E-state index in [0.29, 0.717) is 6.04 Å². The fraction of sp³-hybridized carbons (Fsp3) is 0.600. The van der Waals surface area contributed by atoms with Crippen LogP contribution in [0.1, 0.15) is 37.8 Å². The Balaban J connectivity index is 1.76. The number of hydrogen-bond donors (Lipinski definition) is 1. The van der Waals surface area contributed by atoms with Crippen molar-refractivity contribution in [2.24, 2.45) is 0 Å². The Hall–Kier alpha value is -1.02. The van der Waals surface area contributed by atoms with Crippen molar-refractivity contribution in [2.75, 3.05) is 6.54 Å². The molecule has 0 bridgehead atoms. The van der Waals surface area contributed by atoms with Gasteiger partial charge in [0.05, 0.1) is 0 Å². The van der Waals surface area contributed by atoms with E-state index in [1.165, 1.54) is 30.5 Å². The largest absolute Gasteiger partial charge is 0.487 e. The summed E-state index contributed by atoms with van der Waals surface area (Å²) < 4.78 is 5.90. The summed E-state index contributed by atoms with van der Waals surface area (Å²) in [6.07, 6.45) is 4.84. The van der Waals surface area contributed by atoms with Crippen LogP contribution in [-0.4, -0.2) is 18.2 Å². The molecular weight excluding hydrogens is 210 g/mol. The molecule has 0 radical (unpaired) electrons. The summed E-state index contributed by atoms with van der Waals surface area (Å²) in [5.74, 6) is 1.08. The number of nitrogens with one attached hydrogen (secondary N) is 1. The van der Waals surface area contributed by atoms with E-state index in [4.69, 9.17) is 4.74 Å². The summed E-state index contributed by atoms with van der Waals surface area (Å²) in [6.45, 7) is 5.50. The van der Waals surface area contributed by atoms with Gasteiger partial charge in [-0.15, -0.1) is 0 Å². The predicted octanol–water partition coefficient (Wildman–Crippen LogP) is 2.69. The van der Waals surface area contributed by atoms with E-state index in [9.17, 15) is 0 Å². The highest BCUT2D eigenvalue weighted by molar-refractivity contribution is 5.42. The lowest BCUT2D eigenvalue weighted by atomic mass is 9.97. The van der Waals surface area contributed by atoms with Gasteiger partial charge >= 0.3 is 0 Å². The van der Waals surface area contributed by atoms with Crippen molar-refractivity contribution in [1.29, 1.82) is 0 Å². The second kappa shape index (κ2) is 4.02. The Bertz CT molecular complexity index is 419. The molecule has 2 heteroatoms. The normalized spacial score (nSPS) is 25.6. The number of ether oxygens (including phenoxy) is 1. The Kier molecular flexibility index (Phi) is 2.62. The van der Waals surface area contributed by atoms with Gasteiger partial charge in [0.2, 0.25) is 0 Å². The van der Waals surface area contributed by atoms with E-state index < -0.39 is 0 Å². The van der Waals surface area contributed by atoms with Crippen molar-refractivity contribution in [3.05, 3.63) is 29.3 Å². The maximum atomic E-state index is 5.90. The fourth-order valence-corrected chi connectivity index (χ4v) is 3.01. The third kappa shape index (κ3) is 2.32. The van der Waals surface area contributed by atoms with Crippen LogP contribution in [0.2, 0.25) is 0 Å². The van der Waals surface area contributed by atoms with Crippen LogP contribution in [0.15, 0.2) is 18.2 Å². The van der Waals surface area contributed by atoms with Crippen molar-refractivity contribution < 1.29 is 4.74 Å². The molecule has 1 unspecified atom stereocenters. The molecule has 1 N–H and O–H groups in total. The van der Waals surface area contributed by atoms with E-state index in [1.54, 1.807) is 0 Å². The van der Waals surface area contributed by atoms with Crippen LogP contribution in [0.25, 0.3) is 0 Å². The van der Waals surface area contributed by atoms with Gasteiger partial charge in [-0.25, -0.2) is 0 Å². The van der Waals surface area contributed by atoms with Gasteiger partial charge in [0, 0.05) is 12.5 Å². The monoisotopic (exact) mass is 231 g/mol. The first-order chi connectivity index (χ1) is 8.12. The Morgan fingerprint density at radius 3 is 3.06 bits per heavy atom. The summed E-state index contributed by atoms with van der Waals surface area (Å²) in [7, 11) is 0. The molecule has 2 aliphatic rings. The van der Waals surface area contributed by atoms with E-state index in [2.05, 4.69) is 37.4 Å². The first kappa shape index (κ1) is 11.1. The molecule has 92 valence electrons. The highest BCUT2D eigenvalue weighted by atomic mass is 16.5. The summed E-state index contributed by atoms with van der Waals surface area (Å²) in [4.78, 5) is 0. The maximum absolute atomic E-state index is 5.90. The van der Waals surface area contributed by atoms with Gasteiger partial charge in [-0.1, -0.05) is 12.1 Å². The van der Waals surface area contributed by atoms with E-state index in [1.807, 2.05) is 0 Å². The van der Waals surface area contributed by atoms with Crippen molar-refractivity contribution in [1.82, 2.24) is 5.32 Å². The topological polar surface area (TPSA) is 21.3 Å². The summed E-state index contributed by atoms with van der Waals surface area (Å²) in [6, 6.07) is 7.39. The van der Waals surface area contributed by atoms with Gasteiger partial charge in [-0.2, -0.15) is 0 Å². The molecule has 1 fully saturated rings. The number of fused-ring (bicyclic) bond motifs is 1. The third-order valence-corrected chi connectivity index (χ3v) is 3.77. The molecule has 2 nitrogen and oxygen atoms in total. The number of benzene rings is 1. The lowest BCUT2D eigenvalue weighted by Gasteiger charge is -2.16. The molecule has 1 aromatic carbocycles. The minimum atomic E-state index is -0.0213. The van der Waals surface area contributed by atoms with E-state index in [-0.39, 0.29) is 5.60 Å². The Morgan fingerprint density at radius 1 is 1.41 bits per heavy atom. The summed E-state index contributed by atoms with van der Waals surface area (Å²) in [5.41, 5.74) is 2.81. The Labute approximate surface area is 103 Å². The molecule has 2 aliphatic heterocycles. The number of rotatable bonds is 2. The van der Waals surface area contributed by atoms with Gasteiger partial charge in [-0.3, -0.25) is 0 Å². The van der Waals surface area contributed by atoms with Gasteiger partial charge in [0.15, 0.2) is 0 Å². The zero-order chi connectivity index (χ0) is 11.9. The SMILES string of the molecule is CC1(C)Cc2cc(CC3CCCN3)ccc2O1. The highest BCUT2D eigenvalue weighted by Crippen LogP contribution is 2.35. The van der Waals surface area contributed by atoms with Crippen molar-refractivity contribution in [3.8, 4) is 5.75 Å². The minimum Gasteiger partial charge on any atom is -0.487 e. The van der Waals surface area contributed by atoms with Gasteiger partial charge in [0.1, 0.15) is 11.4 Å². The van der Waals surface area contributed by atoms with Crippen LogP contribution in [0.4, 0.5) is 0 Å². The molecule has 17 heavy (non-hydrogen) atoms. The molecule has 0 spiro atoms. The predicted molar refractivity (Wildman–Crippen MR) is 69.6 cm³/mol. The maximum Gasteiger partial charge on any atom is 0.123 e. The lowest BCUT2D eigenvalue weighted by molar-refractivity contribution is 0.138. The molecular formula is C15H21NO. The van der Waals surface area contributed by atoms with Gasteiger partial charge in [-0.05, 0) is 56.8 Å². The first-order valence-corrected chi connectivity index (χ1v) is 6.67. The second-order valence-electron chi connectivity index (χ2n) is 5.98. The average Bonchev–Trinajstić information content (AvgIpc) is 2.83. The molecule has 1 atom stereocenters. The molecule has 1 saturated heterocycles. The van der Waals surface area contributed by atoms with Gasteiger partial charge in [0.25, 0.3) is 0 Å². The highest BCUT2D eigenvalue weighted by Gasteiger charge is 2.30. The molecule has 0 saturated carbocycles. The average molecular weight is 231 g/mol. The van der Waals surface area contributed by atoms with Crippen LogP contribution in [0.3, 0.4) is 0 Å². The molecule has 0 amide bonds. The van der Waals surface area contributed by atoms with Crippen molar-refractivity contribution >= 4 is 0 Å². The van der Waals surface area contributed by atoms with Crippen LogP contribution < -0.4 is 10.1 Å². The van der Waals surface area contributed by atoms with Crippen LogP contribution >= 0.6 is 0 Å². The fourth-order valence-electron chi connectivity index (χ4n) is 3.01. The first-order valence-electron chi connectivity index (χ1n) is 6.67. The third-order valence-electron chi connectivity index (χ3n) is 3.77. The molecule has 0 aliphatic carbocycles.